The molecule has 0 radical (unpaired) electrons. The highest BCUT2D eigenvalue weighted by molar-refractivity contribution is 5.85. The number of rotatable bonds is 3. The van der Waals surface area contributed by atoms with Crippen LogP contribution in [0.2, 0.25) is 0 Å². The minimum absolute atomic E-state index is 0. The summed E-state index contributed by atoms with van der Waals surface area (Å²) in [5, 5.41) is 6.28. The van der Waals surface area contributed by atoms with Crippen LogP contribution < -0.4 is 10.6 Å². The molecule has 2 aliphatic rings. The largest absolute Gasteiger partial charge is 0.349 e. The van der Waals surface area contributed by atoms with E-state index in [-0.39, 0.29) is 23.7 Å². The number of halogens is 3. The second-order valence-corrected chi connectivity index (χ2v) is 6.59. The molecule has 2 fully saturated rings. The van der Waals surface area contributed by atoms with Crippen molar-refractivity contribution >= 4 is 18.3 Å². The fourth-order valence-electron chi connectivity index (χ4n) is 3.96. The summed E-state index contributed by atoms with van der Waals surface area (Å²) in [6.07, 6.45) is 4.18. The number of nitrogens with one attached hydrogen (secondary N) is 2. The molecular weight excluding hydrogens is 322 g/mol. The number of fused-ring (bicyclic) bond motifs is 1. The van der Waals surface area contributed by atoms with E-state index in [0.717, 1.165) is 31.9 Å². The lowest BCUT2D eigenvalue weighted by Gasteiger charge is -2.38. The van der Waals surface area contributed by atoms with Gasteiger partial charge in [-0.25, -0.2) is 8.78 Å². The van der Waals surface area contributed by atoms with Gasteiger partial charge in [0.25, 0.3) is 0 Å². The monoisotopic (exact) mass is 344 g/mol. The van der Waals surface area contributed by atoms with Gasteiger partial charge in [-0.2, -0.15) is 0 Å². The van der Waals surface area contributed by atoms with Crippen LogP contribution in [0.25, 0.3) is 0 Å². The number of carbonyl (C=O) groups excluding carboxylic acids is 1. The molecule has 1 amide bonds. The molecule has 1 unspecified atom stereocenters. The maximum Gasteiger partial charge on any atom is 0.228 e. The van der Waals surface area contributed by atoms with E-state index >= 15 is 0 Å². The highest BCUT2D eigenvalue weighted by atomic mass is 35.5. The van der Waals surface area contributed by atoms with Crippen LogP contribution in [0.4, 0.5) is 8.78 Å². The Bertz CT molecular complexity index is 584. The van der Waals surface area contributed by atoms with Gasteiger partial charge in [0.05, 0.1) is 11.5 Å². The Morgan fingerprint density at radius 2 is 2.17 bits per heavy atom. The number of carbonyl (C=O) groups is 1. The van der Waals surface area contributed by atoms with E-state index in [4.69, 9.17) is 0 Å². The molecule has 23 heavy (non-hydrogen) atoms. The Morgan fingerprint density at radius 3 is 2.91 bits per heavy atom. The minimum atomic E-state index is -0.616. The maximum absolute atomic E-state index is 13.9. The van der Waals surface area contributed by atoms with Crippen LogP contribution in [0.1, 0.15) is 44.2 Å². The highest BCUT2D eigenvalue weighted by Crippen LogP contribution is 2.44. The zero-order valence-corrected chi connectivity index (χ0v) is 14.0. The summed E-state index contributed by atoms with van der Waals surface area (Å²) in [6.45, 7) is 3.32. The second-order valence-electron chi connectivity index (χ2n) is 6.59. The maximum atomic E-state index is 13.9. The van der Waals surface area contributed by atoms with Gasteiger partial charge in [0, 0.05) is 18.2 Å². The van der Waals surface area contributed by atoms with E-state index in [0.29, 0.717) is 18.0 Å². The molecule has 1 aromatic carbocycles. The molecule has 0 aromatic heterocycles. The summed E-state index contributed by atoms with van der Waals surface area (Å²) in [4.78, 5) is 12.8. The molecule has 1 saturated carbocycles. The minimum Gasteiger partial charge on any atom is -0.349 e. The zero-order valence-electron chi connectivity index (χ0n) is 13.2. The average Bonchev–Trinajstić information content (AvgIpc) is 2.92. The average molecular weight is 345 g/mol. The normalized spacial score (nSPS) is 27.7. The molecule has 1 saturated heterocycles. The summed E-state index contributed by atoms with van der Waals surface area (Å²) in [5.41, 5.74) is -0.0345. The number of amides is 1. The fourth-order valence-corrected chi connectivity index (χ4v) is 3.96. The van der Waals surface area contributed by atoms with E-state index < -0.39 is 17.7 Å². The Kier molecular flexibility index (Phi) is 5.63. The van der Waals surface area contributed by atoms with Gasteiger partial charge in [-0.1, -0.05) is 18.9 Å². The van der Waals surface area contributed by atoms with Gasteiger partial charge in [0.1, 0.15) is 11.6 Å². The highest BCUT2D eigenvalue weighted by Gasteiger charge is 2.50. The van der Waals surface area contributed by atoms with E-state index in [2.05, 4.69) is 10.6 Å². The number of hydrogen-bond acceptors (Lipinski definition) is 2. The standard InChI is InChI=1S/C17H22F2N2O.ClH/c1-11(14-6-5-13(18)8-15(14)19)21-16(22)17-7-3-2-4-12(17)9-20-10-17;/h5-6,8,11-12,20H,2-4,7,9-10H2,1H3,(H,21,22);1H/t11?,12-,17+;/m0./s1. The first-order chi connectivity index (χ1) is 10.5. The number of benzene rings is 1. The molecule has 3 nitrogen and oxygen atoms in total. The molecule has 1 aliphatic heterocycles. The molecule has 1 aliphatic carbocycles. The summed E-state index contributed by atoms with van der Waals surface area (Å²) >= 11 is 0. The molecule has 128 valence electrons. The van der Waals surface area contributed by atoms with Gasteiger partial charge >= 0.3 is 0 Å². The lowest BCUT2D eigenvalue weighted by Crippen LogP contribution is -2.48. The second kappa shape index (κ2) is 7.14. The van der Waals surface area contributed by atoms with Crippen LogP contribution in [-0.2, 0) is 4.79 Å². The molecule has 3 rings (SSSR count). The molecule has 0 bridgehead atoms. The molecule has 1 aromatic rings. The van der Waals surface area contributed by atoms with Crippen LogP contribution in [0.3, 0.4) is 0 Å². The van der Waals surface area contributed by atoms with E-state index in [1.54, 1.807) is 6.92 Å². The Balaban J connectivity index is 0.00000192. The van der Waals surface area contributed by atoms with Gasteiger partial charge in [0.15, 0.2) is 0 Å². The lowest BCUT2D eigenvalue weighted by atomic mass is 9.67. The molecular formula is C17H23ClF2N2O. The summed E-state index contributed by atoms with van der Waals surface area (Å²) < 4.78 is 26.9. The van der Waals surface area contributed by atoms with Gasteiger partial charge in [-0.05, 0) is 38.3 Å². The van der Waals surface area contributed by atoms with Crippen molar-refractivity contribution in [3.63, 3.8) is 0 Å². The van der Waals surface area contributed by atoms with Crippen LogP contribution in [-0.4, -0.2) is 19.0 Å². The summed E-state index contributed by atoms with van der Waals surface area (Å²) in [6, 6.07) is 3.01. The quantitative estimate of drug-likeness (QED) is 0.883. The van der Waals surface area contributed by atoms with Crippen molar-refractivity contribution in [3.8, 4) is 0 Å². The third kappa shape index (κ3) is 3.36. The van der Waals surface area contributed by atoms with Crippen molar-refractivity contribution in [1.29, 1.82) is 0 Å². The number of hydrogen-bond donors (Lipinski definition) is 2. The van der Waals surface area contributed by atoms with Crippen LogP contribution in [0.15, 0.2) is 18.2 Å². The first kappa shape index (κ1) is 18.1. The van der Waals surface area contributed by atoms with Crippen molar-refractivity contribution in [2.45, 2.75) is 38.6 Å². The van der Waals surface area contributed by atoms with Crippen LogP contribution in [0, 0.1) is 23.0 Å². The van der Waals surface area contributed by atoms with Crippen molar-refractivity contribution in [2.24, 2.45) is 11.3 Å². The predicted molar refractivity (Wildman–Crippen MR) is 87.4 cm³/mol. The first-order valence-corrected chi connectivity index (χ1v) is 7.99. The van der Waals surface area contributed by atoms with Crippen molar-refractivity contribution < 1.29 is 13.6 Å². The Labute approximate surface area is 141 Å². The topological polar surface area (TPSA) is 41.1 Å². The smallest absolute Gasteiger partial charge is 0.228 e. The van der Waals surface area contributed by atoms with Gasteiger partial charge in [-0.15, -0.1) is 12.4 Å². The zero-order chi connectivity index (χ0) is 15.7. The third-order valence-corrected chi connectivity index (χ3v) is 5.27. The van der Waals surface area contributed by atoms with E-state index in [1.165, 1.54) is 18.6 Å². The van der Waals surface area contributed by atoms with Crippen LogP contribution in [0.5, 0.6) is 0 Å². The third-order valence-electron chi connectivity index (χ3n) is 5.27. The predicted octanol–water partition coefficient (Wildman–Crippen LogP) is 3.34. The lowest BCUT2D eigenvalue weighted by molar-refractivity contribution is -0.134. The Morgan fingerprint density at radius 1 is 1.39 bits per heavy atom. The Hall–Kier alpha value is -1.20. The van der Waals surface area contributed by atoms with Gasteiger partial charge < -0.3 is 10.6 Å². The van der Waals surface area contributed by atoms with Crippen molar-refractivity contribution in [1.82, 2.24) is 10.6 Å². The van der Waals surface area contributed by atoms with Crippen molar-refractivity contribution in [2.75, 3.05) is 13.1 Å². The molecule has 0 spiro atoms. The molecule has 1 heterocycles. The molecule has 6 heteroatoms. The van der Waals surface area contributed by atoms with Gasteiger partial charge in [0.2, 0.25) is 5.91 Å². The SMILES string of the molecule is CC(NC(=O)[C@@]12CCCC[C@H]1CNC2)c1ccc(F)cc1F.Cl. The van der Waals surface area contributed by atoms with Crippen molar-refractivity contribution in [3.05, 3.63) is 35.4 Å². The molecule has 3 atom stereocenters. The fraction of sp³-hybridized carbons (Fsp3) is 0.588. The van der Waals surface area contributed by atoms with E-state index in [1.807, 2.05) is 0 Å². The summed E-state index contributed by atoms with van der Waals surface area (Å²) in [7, 11) is 0. The summed E-state index contributed by atoms with van der Waals surface area (Å²) in [5.74, 6) is -0.856. The van der Waals surface area contributed by atoms with Gasteiger partial charge in [-0.3, -0.25) is 4.79 Å². The van der Waals surface area contributed by atoms with Crippen LogP contribution >= 0.6 is 12.4 Å². The molecule has 2 N–H and O–H groups in total. The van der Waals surface area contributed by atoms with E-state index in [9.17, 15) is 13.6 Å². The first-order valence-electron chi connectivity index (χ1n) is 7.99.